The molecule has 7 heteroatoms. The number of nitrogens with zero attached hydrogens (tertiary/aromatic N) is 1. The molecule has 6 nitrogen and oxygen atoms in total. The number of benzene rings is 1. The van der Waals surface area contributed by atoms with Gasteiger partial charge in [0.2, 0.25) is 5.91 Å². The molecule has 1 amide bonds. The lowest BCUT2D eigenvalue weighted by molar-refractivity contribution is -0.148. The summed E-state index contributed by atoms with van der Waals surface area (Å²) in [5.74, 6) is -1.26. The van der Waals surface area contributed by atoms with Crippen LogP contribution in [0, 0.1) is 6.92 Å². The highest BCUT2D eigenvalue weighted by atomic mass is 32.2. The number of carbonyl (C=O) groups is 2. The van der Waals surface area contributed by atoms with E-state index in [-0.39, 0.29) is 24.3 Å². The molecular formula is C14H17NO5S. The van der Waals surface area contributed by atoms with Gasteiger partial charge in [0.1, 0.15) is 6.04 Å². The Hall–Kier alpha value is -1.89. The first-order chi connectivity index (χ1) is 9.87. The van der Waals surface area contributed by atoms with E-state index in [2.05, 4.69) is 0 Å². The maximum atomic E-state index is 12.6. The van der Waals surface area contributed by atoms with E-state index in [0.29, 0.717) is 4.31 Å². The number of amides is 1. The number of sulfonamides is 1. The Labute approximate surface area is 123 Å². The normalized spacial score (nSPS) is 18.9. The Morgan fingerprint density at radius 3 is 2.52 bits per heavy atom. The van der Waals surface area contributed by atoms with Crippen molar-refractivity contribution in [3.8, 4) is 0 Å². The van der Waals surface area contributed by atoms with Gasteiger partial charge in [-0.05, 0) is 32.4 Å². The number of rotatable bonds is 4. The zero-order valence-corrected chi connectivity index (χ0v) is 12.7. The summed E-state index contributed by atoms with van der Waals surface area (Å²) in [6.07, 6.45) is 0.178. The second-order valence-corrected chi connectivity index (χ2v) is 6.63. The van der Waals surface area contributed by atoms with Gasteiger partial charge < -0.3 is 4.74 Å². The summed E-state index contributed by atoms with van der Waals surface area (Å²) in [4.78, 5) is 23.8. The molecule has 114 valence electrons. The summed E-state index contributed by atoms with van der Waals surface area (Å²) >= 11 is 0. The van der Waals surface area contributed by atoms with Gasteiger partial charge >= 0.3 is 5.97 Å². The molecule has 0 radical (unpaired) electrons. The summed E-state index contributed by atoms with van der Waals surface area (Å²) in [5.41, 5.74) is 0.906. The smallest absolute Gasteiger partial charge is 0.330 e. The molecule has 1 saturated heterocycles. The molecule has 1 aliphatic heterocycles. The van der Waals surface area contributed by atoms with Crippen LogP contribution in [-0.4, -0.2) is 37.2 Å². The summed E-state index contributed by atoms with van der Waals surface area (Å²) in [7, 11) is -4.03. The zero-order valence-electron chi connectivity index (χ0n) is 11.9. The highest BCUT2D eigenvalue weighted by Crippen LogP contribution is 2.28. The van der Waals surface area contributed by atoms with E-state index in [1.165, 1.54) is 12.1 Å². The molecule has 2 rings (SSSR count). The number of aryl methyl sites for hydroxylation is 1. The minimum atomic E-state index is -4.03. The number of ether oxygens (including phenoxy) is 1. The van der Waals surface area contributed by atoms with Gasteiger partial charge in [0.05, 0.1) is 11.5 Å². The second-order valence-electron chi connectivity index (χ2n) is 4.81. The van der Waals surface area contributed by atoms with Crippen molar-refractivity contribution in [1.29, 1.82) is 0 Å². The Balaban J connectivity index is 2.38. The fourth-order valence-electron chi connectivity index (χ4n) is 2.24. The molecule has 1 atom stereocenters. The van der Waals surface area contributed by atoms with E-state index >= 15 is 0 Å². The third-order valence-electron chi connectivity index (χ3n) is 3.30. The maximum absolute atomic E-state index is 12.6. The molecule has 0 bridgehead atoms. The minimum absolute atomic E-state index is 0.00218. The molecule has 0 saturated carbocycles. The van der Waals surface area contributed by atoms with Crippen LogP contribution in [-0.2, 0) is 24.3 Å². The Morgan fingerprint density at radius 1 is 1.33 bits per heavy atom. The van der Waals surface area contributed by atoms with Crippen molar-refractivity contribution in [2.24, 2.45) is 0 Å². The average Bonchev–Trinajstić information content (AvgIpc) is 2.82. The molecule has 1 fully saturated rings. The van der Waals surface area contributed by atoms with E-state index in [1.54, 1.807) is 19.1 Å². The second kappa shape index (κ2) is 5.85. The highest BCUT2D eigenvalue weighted by Gasteiger charge is 2.44. The Kier molecular flexibility index (Phi) is 4.32. The molecule has 0 spiro atoms. The van der Waals surface area contributed by atoms with Gasteiger partial charge in [0.25, 0.3) is 10.0 Å². The maximum Gasteiger partial charge on any atom is 0.330 e. The quantitative estimate of drug-likeness (QED) is 0.781. The van der Waals surface area contributed by atoms with E-state index in [4.69, 9.17) is 4.74 Å². The summed E-state index contributed by atoms with van der Waals surface area (Å²) in [5, 5.41) is 0. The molecule has 1 aliphatic rings. The van der Waals surface area contributed by atoms with Crippen molar-refractivity contribution in [2.45, 2.75) is 37.6 Å². The molecule has 0 N–H and O–H groups in total. The van der Waals surface area contributed by atoms with Crippen LogP contribution in [0.25, 0.3) is 0 Å². The Morgan fingerprint density at radius 2 is 1.95 bits per heavy atom. The van der Waals surface area contributed by atoms with Crippen LogP contribution in [0.2, 0.25) is 0 Å². The SMILES string of the molecule is CCOC(=O)[C@@H]1CCC(=O)N1S(=O)(=O)c1ccc(C)cc1. The van der Waals surface area contributed by atoms with Crippen molar-refractivity contribution < 1.29 is 22.7 Å². The largest absolute Gasteiger partial charge is 0.464 e. The van der Waals surface area contributed by atoms with Gasteiger partial charge in [-0.25, -0.2) is 17.5 Å². The number of carbonyl (C=O) groups excluding carboxylic acids is 2. The van der Waals surface area contributed by atoms with Crippen LogP contribution in [0.5, 0.6) is 0 Å². The van der Waals surface area contributed by atoms with Crippen LogP contribution in [0.4, 0.5) is 0 Å². The van der Waals surface area contributed by atoms with Gasteiger partial charge in [-0.2, -0.15) is 0 Å². The lowest BCUT2D eigenvalue weighted by Gasteiger charge is -2.22. The van der Waals surface area contributed by atoms with Gasteiger partial charge in [0, 0.05) is 6.42 Å². The first-order valence-electron chi connectivity index (χ1n) is 6.68. The summed E-state index contributed by atoms with van der Waals surface area (Å²) < 4.78 is 30.7. The van der Waals surface area contributed by atoms with Crippen LogP contribution < -0.4 is 0 Å². The summed E-state index contributed by atoms with van der Waals surface area (Å²) in [6, 6.07) is 5.08. The summed E-state index contributed by atoms with van der Waals surface area (Å²) in [6.45, 7) is 3.61. The van der Waals surface area contributed by atoms with Crippen molar-refractivity contribution in [3.63, 3.8) is 0 Å². The van der Waals surface area contributed by atoms with Gasteiger partial charge in [-0.15, -0.1) is 0 Å². The van der Waals surface area contributed by atoms with Crippen molar-refractivity contribution in [2.75, 3.05) is 6.61 Å². The average molecular weight is 311 g/mol. The topological polar surface area (TPSA) is 80.8 Å². The number of hydrogen-bond acceptors (Lipinski definition) is 5. The highest BCUT2D eigenvalue weighted by molar-refractivity contribution is 7.89. The molecule has 0 unspecified atom stereocenters. The molecular weight excluding hydrogens is 294 g/mol. The standard InChI is InChI=1S/C14H17NO5S/c1-3-20-14(17)12-8-9-13(16)15(12)21(18,19)11-6-4-10(2)5-7-11/h4-7,12H,3,8-9H2,1-2H3/t12-/m0/s1. The zero-order chi connectivity index (χ0) is 15.6. The molecule has 1 aromatic rings. The lowest BCUT2D eigenvalue weighted by atomic mass is 10.2. The van der Waals surface area contributed by atoms with Crippen molar-refractivity contribution in [3.05, 3.63) is 29.8 Å². The molecule has 1 heterocycles. The van der Waals surface area contributed by atoms with Crippen molar-refractivity contribution in [1.82, 2.24) is 4.31 Å². The van der Waals surface area contributed by atoms with E-state index in [9.17, 15) is 18.0 Å². The predicted molar refractivity (Wildman–Crippen MR) is 74.9 cm³/mol. The molecule has 0 aromatic heterocycles. The number of hydrogen-bond donors (Lipinski definition) is 0. The van der Waals surface area contributed by atoms with E-state index in [0.717, 1.165) is 5.56 Å². The first kappa shape index (κ1) is 15.5. The molecule has 1 aromatic carbocycles. The van der Waals surface area contributed by atoms with Crippen LogP contribution >= 0.6 is 0 Å². The van der Waals surface area contributed by atoms with Crippen LogP contribution in [0.3, 0.4) is 0 Å². The predicted octanol–water partition coefficient (Wildman–Crippen LogP) is 1.24. The van der Waals surface area contributed by atoms with Gasteiger partial charge in [-0.1, -0.05) is 17.7 Å². The van der Waals surface area contributed by atoms with E-state index in [1.807, 2.05) is 6.92 Å². The van der Waals surface area contributed by atoms with Crippen molar-refractivity contribution >= 4 is 21.9 Å². The molecule has 21 heavy (non-hydrogen) atoms. The first-order valence-corrected chi connectivity index (χ1v) is 8.12. The fraction of sp³-hybridized carbons (Fsp3) is 0.429. The fourth-order valence-corrected chi connectivity index (χ4v) is 3.83. The van der Waals surface area contributed by atoms with E-state index < -0.39 is 27.9 Å². The van der Waals surface area contributed by atoms with Crippen LogP contribution in [0.1, 0.15) is 25.3 Å². The lowest BCUT2D eigenvalue weighted by Crippen LogP contribution is -2.43. The van der Waals surface area contributed by atoms with Crippen LogP contribution in [0.15, 0.2) is 29.2 Å². The minimum Gasteiger partial charge on any atom is -0.464 e. The van der Waals surface area contributed by atoms with Gasteiger partial charge in [-0.3, -0.25) is 4.79 Å². The number of esters is 1. The molecule has 0 aliphatic carbocycles. The van der Waals surface area contributed by atoms with Gasteiger partial charge in [0.15, 0.2) is 0 Å². The monoisotopic (exact) mass is 311 g/mol. The third kappa shape index (κ3) is 2.92. The Bertz CT molecular complexity index is 650. The third-order valence-corrected chi connectivity index (χ3v) is 5.14.